The predicted octanol–water partition coefficient (Wildman–Crippen LogP) is 6.97. The van der Waals surface area contributed by atoms with Gasteiger partial charge in [-0.2, -0.15) is 0 Å². The van der Waals surface area contributed by atoms with Gasteiger partial charge in [0.1, 0.15) is 0 Å². The third-order valence-electron chi connectivity index (χ3n) is 4.91. The molecule has 0 nitrogen and oxygen atoms in total. The SMILES string of the molecule is CSc1ccccc1-c1cc2cccc3ccc4cccc1c4c32. The van der Waals surface area contributed by atoms with Gasteiger partial charge in [0.15, 0.2) is 0 Å². The monoisotopic (exact) mass is 324 g/mol. The number of benzene rings is 5. The van der Waals surface area contributed by atoms with Gasteiger partial charge >= 0.3 is 0 Å². The van der Waals surface area contributed by atoms with E-state index in [0.29, 0.717) is 0 Å². The number of hydrogen-bond acceptors (Lipinski definition) is 1. The Kier molecular flexibility index (Phi) is 3.04. The molecule has 0 radical (unpaired) electrons. The van der Waals surface area contributed by atoms with Gasteiger partial charge in [0.05, 0.1) is 0 Å². The molecule has 0 atom stereocenters. The minimum absolute atomic E-state index is 1.32. The second-order valence-electron chi connectivity index (χ2n) is 6.17. The maximum atomic E-state index is 2.36. The summed E-state index contributed by atoms with van der Waals surface area (Å²) >= 11 is 1.81. The molecule has 5 rings (SSSR count). The molecule has 0 aliphatic rings. The number of rotatable bonds is 2. The van der Waals surface area contributed by atoms with Crippen molar-refractivity contribution >= 4 is 44.1 Å². The second kappa shape index (κ2) is 5.25. The fraction of sp³-hybridized carbons (Fsp3) is 0.0435. The van der Waals surface area contributed by atoms with Gasteiger partial charge in [-0.15, -0.1) is 11.8 Å². The molecule has 114 valence electrons. The summed E-state index contributed by atoms with van der Waals surface area (Å²) in [6, 6.07) is 28.8. The van der Waals surface area contributed by atoms with Gasteiger partial charge in [0.2, 0.25) is 0 Å². The van der Waals surface area contributed by atoms with E-state index < -0.39 is 0 Å². The van der Waals surface area contributed by atoms with Gasteiger partial charge in [-0.25, -0.2) is 0 Å². The van der Waals surface area contributed by atoms with Crippen LogP contribution in [-0.2, 0) is 0 Å². The standard InChI is InChI=1S/C23H16S/c1-24-21-11-3-2-9-18(21)20-14-17-8-4-6-15-12-13-16-7-5-10-19(20)23(16)22(15)17/h2-14H,1H3. The van der Waals surface area contributed by atoms with Crippen LogP contribution >= 0.6 is 11.8 Å². The molecule has 24 heavy (non-hydrogen) atoms. The summed E-state index contributed by atoms with van der Waals surface area (Å²) in [6.07, 6.45) is 2.15. The van der Waals surface area contributed by atoms with Crippen molar-refractivity contribution in [3.8, 4) is 11.1 Å². The molecule has 0 fully saturated rings. The van der Waals surface area contributed by atoms with Crippen LogP contribution in [0.4, 0.5) is 0 Å². The van der Waals surface area contributed by atoms with Crippen LogP contribution < -0.4 is 0 Å². The maximum absolute atomic E-state index is 2.36. The van der Waals surface area contributed by atoms with E-state index in [1.165, 1.54) is 48.3 Å². The van der Waals surface area contributed by atoms with Crippen molar-refractivity contribution in [1.82, 2.24) is 0 Å². The maximum Gasteiger partial charge on any atom is 0.0148 e. The zero-order valence-electron chi connectivity index (χ0n) is 13.4. The molecule has 0 saturated carbocycles. The van der Waals surface area contributed by atoms with Crippen LogP contribution in [0, 0.1) is 0 Å². The summed E-state index contributed by atoms with van der Waals surface area (Å²) in [5.74, 6) is 0. The highest BCUT2D eigenvalue weighted by Crippen LogP contribution is 2.42. The molecule has 5 aromatic carbocycles. The van der Waals surface area contributed by atoms with Gasteiger partial charge in [-0.3, -0.25) is 0 Å². The van der Waals surface area contributed by atoms with E-state index in [-0.39, 0.29) is 0 Å². The molecule has 0 aliphatic heterocycles. The van der Waals surface area contributed by atoms with Gasteiger partial charge in [0, 0.05) is 4.90 Å². The summed E-state index contributed by atoms with van der Waals surface area (Å²) in [5.41, 5.74) is 2.65. The molecule has 0 amide bonds. The highest BCUT2D eigenvalue weighted by atomic mass is 32.2. The normalized spacial score (nSPS) is 11.7. The average Bonchev–Trinajstić information content (AvgIpc) is 2.66. The van der Waals surface area contributed by atoms with E-state index in [1.54, 1.807) is 0 Å². The Balaban J connectivity index is 2.03. The molecule has 0 saturated heterocycles. The molecule has 0 heterocycles. The van der Waals surface area contributed by atoms with Crippen LogP contribution in [0.25, 0.3) is 43.4 Å². The zero-order valence-corrected chi connectivity index (χ0v) is 14.2. The van der Waals surface area contributed by atoms with Crippen molar-refractivity contribution in [3.63, 3.8) is 0 Å². The first kappa shape index (κ1) is 13.9. The molecule has 0 aromatic heterocycles. The zero-order chi connectivity index (χ0) is 16.1. The molecule has 0 aliphatic carbocycles. The van der Waals surface area contributed by atoms with Crippen molar-refractivity contribution < 1.29 is 0 Å². The Morgan fingerprint density at radius 1 is 0.583 bits per heavy atom. The van der Waals surface area contributed by atoms with Gasteiger partial charge in [0.25, 0.3) is 0 Å². The highest BCUT2D eigenvalue weighted by molar-refractivity contribution is 7.98. The van der Waals surface area contributed by atoms with E-state index in [4.69, 9.17) is 0 Å². The van der Waals surface area contributed by atoms with Crippen molar-refractivity contribution in [3.05, 3.63) is 78.9 Å². The molecule has 1 heteroatoms. The molecule has 0 N–H and O–H groups in total. The topological polar surface area (TPSA) is 0 Å². The quantitative estimate of drug-likeness (QED) is 0.249. The largest absolute Gasteiger partial charge is 0.129 e. The third kappa shape index (κ3) is 1.88. The van der Waals surface area contributed by atoms with E-state index in [2.05, 4.69) is 85.1 Å². The van der Waals surface area contributed by atoms with Crippen molar-refractivity contribution in [1.29, 1.82) is 0 Å². The van der Waals surface area contributed by atoms with Crippen LogP contribution in [0.15, 0.2) is 83.8 Å². The lowest BCUT2D eigenvalue weighted by molar-refractivity contribution is 1.46. The Morgan fingerprint density at radius 3 is 2.12 bits per heavy atom. The third-order valence-corrected chi connectivity index (χ3v) is 5.70. The Labute approximate surface area is 145 Å². The van der Waals surface area contributed by atoms with Crippen LogP contribution in [0.1, 0.15) is 0 Å². The molecule has 0 unspecified atom stereocenters. The highest BCUT2D eigenvalue weighted by Gasteiger charge is 2.14. The summed E-state index contributed by atoms with van der Waals surface area (Å²) in [4.78, 5) is 1.33. The fourth-order valence-corrected chi connectivity index (χ4v) is 4.46. The molecule has 0 bridgehead atoms. The summed E-state index contributed by atoms with van der Waals surface area (Å²) in [7, 11) is 0. The Hall–Kier alpha value is -2.51. The van der Waals surface area contributed by atoms with Crippen molar-refractivity contribution in [2.24, 2.45) is 0 Å². The van der Waals surface area contributed by atoms with Crippen LogP contribution in [-0.4, -0.2) is 6.26 Å². The number of hydrogen-bond donors (Lipinski definition) is 0. The van der Waals surface area contributed by atoms with Gasteiger partial charge in [-0.1, -0.05) is 66.7 Å². The first-order valence-electron chi connectivity index (χ1n) is 8.17. The predicted molar refractivity (Wildman–Crippen MR) is 107 cm³/mol. The van der Waals surface area contributed by atoms with Gasteiger partial charge in [-0.05, 0) is 61.8 Å². The smallest absolute Gasteiger partial charge is 0.0148 e. The Morgan fingerprint density at radius 2 is 1.29 bits per heavy atom. The van der Waals surface area contributed by atoms with E-state index in [9.17, 15) is 0 Å². The summed E-state index contributed by atoms with van der Waals surface area (Å²) in [5, 5.41) is 8.08. The first-order valence-corrected chi connectivity index (χ1v) is 9.39. The lowest BCUT2D eigenvalue weighted by atomic mass is 9.89. The molecular weight excluding hydrogens is 308 g/mol. The van der Waals surface area contributed by atoms with Crippen molar-refractivity contribution in [2.45, 2.75) is 4.90 Å². The van der Waals surface area contributed by atoms with E-state index in [1.807, 2.05) is 11.8 Å². The molecule has 0 spiro atoms. The second-order valence-corrected chi connectivity index (χ2v) is 7.02. The minimum Gasteiger partial charge on any atom is -0.129 e. The molecular formula is C23H16S. The van der Waals surface area contributed by atoms with Crippen LogP contribution in [0.2, 0.25) is 0 Å². The minimum atomic E-state index is 1.32. The first-order chi connectivity index (χ1) is 11.9. The Bertz CT molecular complexity index is 1190. The van der Waals surface area contributed by atoms with Gasteiger partial charge < -0.3 is 0 Å². The van der Waals surface area contributed by atoms with E-state index in [0.717, 1.165) is 0 Å². The van der Waals surface area contributed by atoms with Crippen molar-refractivity contribution in [2.75, 3.05) is 6.26 Å². The molecule has 5 aromatic rings. The fourth-order valence-electron chi connectivity index (χ4n) is 3.85. The lowest BCUT2D eigenvalue weighted by Crippen LogP contribution is -1.89. The van der Waals surface area contributed by atoms with E-state index >= 15 is 0 Å². The summed E-state index contributed by atoms with van der Waals surface area (Å²) < 4.78 is 0. The summed E-state index contributed by atoms with van der Waals surface area (Å²) in [6.45, 7) is 0. The number of thioether (sulfide) groups is 1. The average molecular weight is 324 g/mol. The van der Waals surface area contributed by atoms with Crippen LogP contribution in [0.3, 0.4) is 0 Å². The van der Waals surface area contributed by atoms with Crippen LogP contribution in [0.5, 0.6) is 0 Å². The lowest BCUT2D eigenvalue weighted by Gasteiger charge is -2.16.